The maximum atomic E-state index is 11.5. The molecule has 3 heteroatoms. The van der Waals surface area contributed by atoms with Crippen molar-refractivity contribution in [2.24, 2.45) is 5.92 Å². The van der Waals surface area contributed by atoms with Gasteiger partial charge in [-0.25, -0.2) is 0 Å². The number of amides is 1. The number of rotatable bonds is 8. The first kappa shape index (κ1) is 15.2. The smallest absolute Gasteiger partial charge is 0.243 e. The van der Waals surface area contributed by atoms with Gasteiger partial charge in [-0.05, 0) is 37.7 Å². The van der Waals surface area contributed by atoms with Crippen molar-refractivity contribution in [3.8, 4) is 0 Å². The van der Waals surface area contributed by atoms with E-state index in [9.17, 15) is 4.79 Å². The van der Waals surface area contributed by atoms with Crippen LogP contribution in [0.1, 0.15) is 51.9 Å². The molecular formula is C15H27NO2. The van der Waals surface area contributed by atoms with E-state index < -0.39 is 0 Å². The Hall–Kier alpha value is -0.830. The molecule has 18 heavy (non-hydrogen) atoms. The van der Waals surface area contributed by atoms with Crippen LogP contribution in [-0.4, -0.2) is 25.7 Å². The number of ether oxygens (including phenoxy) is 1. The molecule has 0 atom stereocenters. The van der Waals surface area contributed by atoms with E-state index in [1.807, 2.05) is 6.08 Å². The van der Waals surface area contributed by atoms with Crippen molar-refractivity contribution in [2.75, 3.05) is 19.8 Å². The van der Waals surface area contributed by atoms with E-state index in [-0.39, 0.29) is 5.91 Å². The maximum Gasteiger partial charge on any atom is 0.243 e. The third kappa shape index (κ3) is 7.49. The summed E-state index contributed by atoms with van der Waals surface area (Å²) in [5, 5.41) is 2.97. The van der Waals surface area contributed by atoms with Crippen molar-refractivity contribution >= 4 is 5.91 Å². The number of allylic oxidation sites excluding steroid dienone is 1. The highest BCUT2D eigenvalue weighted by atomic mass is 16.5. The van der Waals surface area contributed by atoms with Crippen molar-refractivity contribution in [1.29, 1.82) is 0 Å². The van der Waals surface area contributed by atoms with E-state index in [0.29, 0.717) is 5.92 Å². The molecule has 0 aromatic carbocycles. The van der Waals surface area contributed by atoms with E-state index in [0.717, 1.165) is 39.0 Å². The van der Waals surface area contributed by atoms with E-state index >= 15 is 0 Å². The van der Waals surface area contributed by atoms with Gasteiger partial charge in [0, 0.05) is 19.8 Å². The zero-order valence-electron chi connectivity index (χ0n) is 11.6. The van der Waals surface area contributed by atoms with Gasteiger partial charge in [0.05, 0.1) is 0 Å². The van der Waals surface area contributed by atoms with Crippen LogP contribution in [0.3, 0.4) is 0 Å². The Kier molecular flexibility index (Phi) is 8.57. The minimum absolute atomic E-state index is 0.0528. The fourth-order valence-corrected chi connectivity index (χ4v) is 2.13. The summed E-state index contributed by atoms with van der Waals surface area (Å²) < 4.78 is 5.29. The Morgan fingerprint density at radius 3 is 2.78 bits per heavy atom. The molecule has 0 spiro atoms. The third-order valence-electron chi connectivity index (χ3n) is 3.40. The monoisotopic (exact) mass is 253 g/mol. The summed E-state index contributed by atoms with van der Waals surface area (Å²) in [6.45, 7) is 4.68. The first-order chi connectivity index (χ1) is 8.83. The fraction of sp³-hybridized carbons (Fsp3) is 0.800. The molecule has 0 bridgehead atoms. The van der Waals surface area contributed by atoms with Gasteiger partial charge in [-0.2, -0.15) is 0 Å². The molecule has 1 rings (SSSR count). The maximum absolute atomic E-state index is 11.5. The lowest BCUT2D eigenvalue weighted by atomic mass is 10.0. The van der Waals surface area contributed by atoms with Gasteiger partial charge in [0.15, 0.2) is 0 Å². The van der Waals surface area contributed by atoms with Crippen LogP contribution in [0.2, 0.25) is 0 Å². The zero-order valence-corrected chi connectivity index (χ0v) is 11.6. The van der Waals surface area contributed by atoms with Gasteiger partial charge >= 0.3 is 0 Å². The number of nitrogens with one attached hydrogen (secondary N) is 1. The highest BCUT2D eigenvalue weighted by Gasteiger charge is 2.13. The second kappa shape index (κ2) is 10.1. The molecular weight excluding hydrogens is 226 g/mol. The van der Waals surface area contributed by atoms with Crippen LogP contribution >= 0.6 is 0 Å². The van der Waals surface area contributed by atoms with Crippen LogP contribution in [0.15, 0.2) is 12.2 Å². The largest absolute Gasteiger partial charge is 0.381 e. The highest BCUT2D eigenvalue weighted by molar-refractivity contribution is 5.87. The molecule has 0 aromatic rings. The van der Waals surface area contributed by atoms with Gasteiger partial charge in [0.2, 0.25) is 5.91 Å². The second-order valence-corrected chi connectivity index (χ2v) is 5.05. The lowest BCUT2D eigenvalue weighted by Gasteiger charge is -2.21. The standard InChI is InChI=1S/C15H27NO2/c1-2-3-4-5-6-7-8-15(17)16-13-14-9-11-18-12-10-14/h7-8,14H,2-6,9-13H2,1H3,(H,16,17)/b8-7+. The number of unbranched alkanes of at least 4 members (excludes halogenated alkanes) is 4. The first-order valence-corrected chi connectivity index (χ1v) is 7.35. The molecule has 1 fully saturated rings. The Labute approximate surface area is 111 Å². The molecule has 1 aliphatic rings. The molecule has 3 nitrogen and oxygen atoms in total. The Bertz CT molecular complexity index is 245. The predicted molar refractivity (Wildman–Crippen MR) is 74.5 cm³/mol. The number of hydrogen-bond donors (Lipinski definition) is 1. The molecule has 1 aliphatic heterocycles. The predicted octanol–water partition coefficient (Wildman–Crippen LogP) is 3.06. The van der Waals surface area contributed by atoms with Crippen molar-refractivity contribution in [3.05, 3.63) is 12.2 Å². The number of carbonyl (C=O) groups excluding carboxylic acids is 1. The minimum atomic E-state index is 0.0528. The van der Waals surface area contributed by atoms with E-state index in [4.69, 9.17) is 4.74 Å². The Balaban J connectivity index is 2.00. The normalized spacial score (nSPS) is 17.2. The summed E-state index contributed by atoms with van der Waals surface area (Å²) in [5.41, 5.74) is 0. The molecule has 0 radical (unpaired) electrons. The average Bonchev–Trinajstić information content (AvgIpc) is 2.41. The van der Waals surface area contributed by atoms with Gasteiger partial charge in [0.1, 0.15) is 0 Å². The van der Waals surface area contributed by atoms with E-state index in [2.05, 4.69) is 12.2 Å². The average molecular weight is 253 g/mol. The molecule has 104 valence electrons. The molecule has 1 N–H and O–H groups in total. The summed E-state index contributed by atoms with van der Waals surface area (Å²) in [5.74, 6) is 0.651. The Morgan fingerprint density at radius 1 is 1.28 bits per heavy atom. The SMILES string of the molecule is CCCCCC/C=C/C(=O)NCC1CCOCC1. The molecule has 0 aliphatic carbocycles. The lowest BCUT2D eigenvalue weighted by molar-refractivity contribution is -0.116. The summed E-state index contributed by atoms with van der Waals surface area (Å²) in [6, 6.07) is 0. The van der Waals surface area contributed by atoms with Gasteiger partial charge in [-0.1, -0.05) is 32.3 Å². The third-order valence-corrected chi connectivity index (χ3v) is 3.40. The number of carbonyl (C=O) groups is 1. The van der Waals surface area contributed by atoms with Gasteiger partial charge in [-0.3, -0.25) is 4.79 Å². The Morgan fingerprint density at radius 2 is 2.06 bits per heavy atom. The van der Waals surface area contributed by atoms with Crippen molar-refractivity contribution in [2.45, 2.75) is 51.9 Å². The van der Waals surface area contributed by atoms with Crippen molar-refractivity contribution < 1.29 is 9.53 Å². The van der Waals surface area contributed by atoms with Gasteiger partial charge in [0.25, 0.3) is 0 Å². The minimum Gasteiger partial charge on any atom is -0.381 e. The molecule has 0 unspecified atom stereocenters. The van der Waals surface area contributed by atoms with Crippen LogP contribution < -0.4 is 5.32 Å². The van der Waals surface area contributed by atoms with E-state index in [1.165, 1.54) is 25.7 Å². The summed E-state index contributed by atoms with van der Waals surface area (Å²) >= 11 is 0. The fourth-order valence-electron chi connectivity index (χ4n) is 2.13. The van der Waals surface area contributed by atoms with Gasteiger partial charge in [-0.15, -0.1) is 0 Å². The first-order valence-electron chi connectivity index (χ1n) is 7.35. The van der Waals surface area contributed by atoms with Crippen LogP contribution in [0, 0.1) is 5.92 Å². The zero-order chi connectivity index (χ0) is 13.1. The summed E-state index contributed by atoms with van der Waals surface area (Å²) in [6.07, 6.45) is 11.9. The van der Waals surface area contributed by atoms with Crippen LogP contribution in [0.25, 0.3) is 0 Å². The van der Waals surface area contributed by atoms with Crippen molar-refractivity contribution in [1.82, 2.24) is 5.32 Å². The quantitative estimate of drug-likeness (QED) is 0.533. The van der Waals surface area contributed by atoms with Crippen LogP contribution in [0.5, 0.6) is 0 Å². The molecule has 1 saturated heterocycles. The van der Waals surface area contributed by atoms with E-state index in [1.54, 1.807) is 6.08 Å². The number of hydrogen-bond acceptors (Lipinski definition) is 2. The molecule has 1 amide bonds. The summed E-state index contributed by atoms with van der Waals surface area (Å²) in [4.78, 5) is 11.5. The lowest BCUT2D eigenvalue weighted by Crippen LogP contribution is -2.31. The molecule has 1 heterocycles. The topological polar surface area (TPSA) is 38.3 Å². The van der Waals surface area contributed by atoms with Gasteiger partial charge < -0.3 is 10.1 Å². The van der Waals surface area contributed by atoms with Crippen LogP contribution in [-0.2, 0) is 9.53 Å². The van der Waals surface area contributed by atoms with Crippen molar-refractivity contribution in [3.63, 3.8) is 0 Å². The molecule has 0 aromatic heterocycles. The van der Waals surface area contributed by atoms with Crippen LogP contribution in [0.4, 0.5) is 0 Å². The summed E-state index contributed by atoms with van der Waals surface area (Å²) in [7, 11) is 0. The second-order valence-electron chi connectivity index (χ2n) is 5.05. The molecule has 0 saturated carbocycles. The highest BCUT2D eigenvalue weighted by Crippen LogP contribution is 2.13.